The first-order valence-corrected chi connectivity index (χ1v) is 10.7. The molecule has 4 rings (SSSR count). The first-order chi connectivity index (χ1) is 14.1. The molecule has 0 bridgehead atoms. The lowest BCUT2D eigenvalue weighted by atomic mass is 10.1. The average molecular weight is 411 g/mol. The molecule has 0 spiro atoms. The molecule has 0 radical (unpaired) electrons. The molecule has 3 heterocycles. The molecule has 152 valence electrons. The van der Waals surface area contributed by atoms with Crippen molar-refractivity contribution in [3.05, 3.63) is 58.1 Å². The van der Waals surface area contributed by atoms with Gasteiger partial charge in [0, 0.05) is 37.2 Å². The van der Waals surface area contributed by atoms with Crippen LogP contribution in [0.5, 0.6) is 0 Å². The van der Waals surface area contributed by atoms with Crippen LogP contribution in [0, 0.1) is 13.8 Å². The van der Waals surface area contributed by atoms with Crippen LogP contribution in [-0.2, 0) is 11.3 Å². The highest BCUT2D eigenvalue weighted by Gasteiger charge is 2.20. The molecule has 29 heavy (non-hydrogen) atoms. The van der Waals surface area contributed by atoms with E-state index in [2.05, 4.69) is 33.1 Å². The van der Waals surface area contributed by atoms with Crippen molar-refractivity contribution in [3.8, 4) is 11.5 Å². The van der Waals surface area contributed by atoms with Crippen LogP contribution in [0.15, 0.2) is 46.4 Å². The van der Waals surface area contributed by atoms with Gasteiger partial charge in [0.1, 0.15) is 10.7 Å². The number of furan rings is 1. The van der Waals surface area contributed by atoms with Crippen molar-refractivity contribution >= 4 is 22.9 Å². The Kier molecular flexibility index (Phi) is 6.08. The molecule has 0 unspecified atom stereocenters. The third kappa shape index (κ3) is 5.12. The Morgan fingerprint density at radius 2 is 1.97 bits per heavy atom. The largest absolute Gasteiger partial charge is 0.463 e. The molecule has 1 fully saturated rings. The SMILES string of the molecule is Cc1ccc(NC(=O)CN2CCN(Cc3nc(-c4ccco4)cs3)CC2)c(C)c1. The van der Waals surface area contributed by atoms with Gasteiger partial charge in [-0.3, -0.25) is 14.6 Å². The fraction of sp³-hybridized carbons (Fsp3) is 0.364. The van der Waals surface area contributed by atoms with Gasteiger partial charge in [-0.2, -0.15) is 0 Å². The summed E-state index contributed by atoms with van der Waals surface area (Å²) in [4.78, 5) is 21.7. The number of aromatic nitrogens is 1. The van der Waals surface area contributed by atoms with E-state index in [0.717, 1.165) is 60.4 Å². The minimum absolute atomic E-state index is 0.0495. The molecule has 0 atom stereocenters. The number of anilines is 1. The van der Waals surface area contributed by atoms with E-state index >= 15 is 0 Å². The van der Waals surface area contributed by atoms with Crippen LogP contribution in [-0.4, -0.2) is 53.4 Å². The Balaban J connectivity index is 1.23. The number of carbonyl (C=O) groups is 1. The lowest BCUT2D eigenvalue weighted by molar-refractivity contribution is -0.117. The molecule has 0 saturated carbocycles. The van der Waals surface area contributed by atoms with Gasteiger partial charge in [-0.1, -0.05) is 17.7 Å². The summed E-state index contributed by atoms with van der Waals surface area (Å²) >= 11 is 1.67. The smallest absolute Gasteiger partial charge is 0.238 e. The number of thiazole rings is 1. The number of nitrogens with one attached hydrogen (secondary N) is 1. The van der Waals surface area contributed by atoms with Crippen LogP contribution in [0.3, 0.4) is 0 Å². The third-order valence-electron chi connectivity index (χ3n) is 5.17. The van der Waals surface area contributed by atoms with Gasteiger partial charge in [0.15, 0.2) is 5.76 Å². The number of piperazine rings is 1. The maximum atomic E-state index is 12.4. The standard InChI is InChI=1S/C22H26N4O2S/c1-16-5-6-18(17(2)12-16)23-21(27)13-25-7-9-26(10-8-25)14-22-24-19(15-29-22)20-4-3-11-28-20/h3-6,11-12,15H,7-10,13-14H2,1-2H3,(H,23,27). The summed E-state index contributed by atoms with van der Waals surface area (Å²) in [7, 11) is 0. The quantitative estimate of drug-likeness (QED) is 0.670. The molecule has 1 amide bonds. The highest BCUT2D eigenvalue weighted by Crippen LogP contribution is 2.23. The van der Waals surface area contributed by atoms with E-state index in [9.17, 15) is 4.79 Å². The second kappa shape index (κ2) is 8.90. The first-order valence-electron chi connectivity index (χ1n) is 9.87. The van der Waals surface area contributed by atoms with Crippen molar-refractivity contribution in [1.82, 2.24) is 14.8 Å². The van der Waals surface area contributed by atoms with Gasteiger partial charge in [-0.05, 0) is 37.6 Å². The zero-order valence-electron chi connectivity index (χ0n) is 16.9. The van der Waals surface area contributed by atoms with Crippen molar-refractivity contribution in [1.29, 1.82) is 0 Å². The monoisotopic (exact) mass is 410 g/mol. The molecular weight excluding hydrogens is 384 g/mol. The summed E-state index contributed by atoms with van der Waals surface area (Å²) in [5.74, 6) is 0.862. The Bertz CT molecular complexity index is 959. The lowest BCUT2D eigenvalue weighted by Crippen LogP contribution is -2.48. The van der Waals surface area contributed by atoms with E-state index in [1.807, 2.05) is 36.6 Å². The van der Waals surface area contributed by atoms with Gasteiger partial charge >= 0.3 is 0 Å². The van der Waals surface area contributed by atoms with Crippen LogP contribution in [0.1, 0.15) is 16.1 Å². The fourth-order valence-corrected chi connectivity index (χ4v) is 4.39. The number of nitrogens with zero attached hydrogens (tertiary/aromatic N) is 3. The van der Waals surface area contributed by atoms with Crippen molar-refractivity contribution < 1.29 is 9.21 Å². The Hall–Kier alpha value is -2.48. The molecule has 6 nitrogen and oxygen atoms in total. The average Bonchev–Trinajstić information content (AvgIpc) is 3.37. The van der Waals surface area contributed by atoms with E-state index < -0.39 is 0 Å². The topological polar surface area (TPSA) is 61.6 Å². The van der Waals surface area contributed by atoms with Crippen molar-refractivity contribution in [2.24, 2.45) is 0 Å². The predicted octanol–water partition coefficient (Wildman–Crippen LogP) is 3.78. The van der Waals surface area contributed by atoms with Crippen LogP contribution >= 0.6 is 11.3 Å². The molecule has 3 aromatic rings. The maximum Gasteiger partial charge on any atom is 0.238 e. The van der Waals surface area contributed by atoms with Crippen molar-refractivity contribution in [2.45, 2.75) is 20.4 Å². The number of aryl methyl sites for hydroxylation is 2. The van der Waals surface area contributed by atoms with Crippen LogP contribution in [0.25, 0.3) is 11.5 Å². The van der Waals surface area contributed by atoms with Crippen molar-refractivity contribution in [3.63, 3.8) is 0 Å². The van der Waals surface area contributed by atoms with E-state index in [1.165, 1.54) is 5.56 Å². The highest BCUT2D eigenvalue weighted by molar-refractivity contribution is 7.09. The molecule has 2 aromatic heterocycles. The molecule has 1 aromatic carbocycles. The van der Waals surface area contributed by atoms with Gasteiger partial charge in [0.25, 0.3) is 0 Å². The number of carbonyl (C=O) groups excluding carboxylic acids is 1. The Labute approximate surface area is 175 Å². The van der Waals surface area contributed by atoms with Gasteiger partial charge in [0.05, 0.1) is 19.4 Å². The van der Waals surface area contributed by atoms with Crippen molar-refractivity contribution in [2.75, 3.05) is 38.0 Å². The molecule has 1 aliphatic heterocycles. The summed E-state index contributed by atoms with van der Waals surface area (Å²) in [6, 6.07) is 9.90. The summed E-state index contributed by atoms with van der Waals surface area (Å²) < 4.78 is 5.42. The summed E-state index contributed by atoms with van der Waals surface area (Å²) in [5, 5.41) is 6.18. The number of hydrogen-bond acceptors (Lipinski definition) is 6. The molecular formula is C22H26N4O2S. The van der Waals surface area contributed by atoms with Crippen LogP contribution in [0.4, 0.5) is 5.69 Å². The lowest BCUT2D eigenvalue weighted by Gasteiger charge is -2.33. The first kappa shape index (κ1) is 19.8. The van der Waals surface area contributed by atoms with Gasteiger partial charge in [-0.25, -0.2) is 4.98 Å². The highest BCUT2D eigenvalue weighted by atomic mass is 32.1. The van der Waals surface area contributed by atoms with Gasteiger partial charge < -0.3 is 9.73 Å². The number of rotatable bonds is 6. The molecule has 1 N–H and O–H groups in total. The number of benzene rings is 1. The molecule has 0 aliphatic carbocycles. The number of hydrogen-bond donors (Lipinski definition) is 1. The minimum atomic E-state index is 0.0495. The van der Waals surface area contributed by atoms with E-state index in [-0.39, 0.29) is 5.91 Å². The molecule has 7 heteroatoms. The van der Waals surface area contributed by atoms with E-state index in [0.29, 0.717) is 6.54 Å². The summed E-state index contributed by atoms with van der Waals surface area (Å²) in [6.07, 6.45) is 1.67. The zero-order valence-corrected chi connectivity index (χ0v) is 17.7. The second-order valence-corrected chi connectivity index (χ2v) is 8.47. The normalized spacial score (nSPS) is 15.5. The van der Waals surface area contributed by atoms with Gasteiger partial charge in [0.2, 0.25) is 5.91 Å². The number of amides is 1. The van der Waals surface area contributed by atoms with E-state index in [4.69, 9.17) is 4.42 Å². The molecule has 1 aliphatic rings. The van der Waals surface area contributed by atoms with E-state index in [1.54, 1.807) is 17.6 Å². The third-order valence-corrected chi connectivity index (χ3v) is 6.01. The summed E-state index contributed by atoms with van der Waals surface area (Å²) in [5.41, 5.74) is 4.10. The second-order valence-electron chi connectivity index (χ2n) is 7.52. The van der Waals surface area contributed by atoms with Crippen LogP contribution < -0.4 is 5.32 Å². The maximum absolute atomic E-state index is 12.4. The molecule has 1 saturated heterocycles. The Morgan fingerprint density at radius 3 is 2.69 bits per heavy atom. The predicted molar refractivity (Wildman–Crippen MR) is 116 cm³/mol. The minimum Gasteiger partial charge on any atom is -0.463 e. The zero-order chi connectivity index (χ0) is 20.2. The summed E-state index contributed by atoms with van der Waals surface area (Å²) in [6.45, 7) is 9.00. The van der Waals surface area contributed by atoms with Crippen LogP contribution in [0.2, 0.25) is 0 Å². The Morgan fingerprint density at radius 1 is 1.17 bits per heavy atom. The fourth-order valence-electron chi connectivity index (χ4n) is 3.56. The van der Waals surface area contributed by atoms with Gasteiger partial charge in [-0.15, -0.1) is 11.3 Å².